The van der Waals surface area contributed by atoms with Gasteiger partial charge in [-0.05, 0) is 36.8 Å². The van der Waals surface area contributed by atoms with Crippen LogP contribution in [0.1, 0.15) is 12.5 Å². The molecule has 1 saturated heterocycles. The quantitative estimate of drug-likeness (QED) is 0.384. The highest BCUT2D eigenvalue weighted by atomic mass is 79.9. The summed E-state index contributed by atoms with van der Waals surface area (Å²) in [5.74, 6) is 0. The van der Waals surface area contributed by atoms with Crippen LogP contribution in [-0.2, 0) is 14.8 Å². The van der Waals surface area contributed by atoms with Gasteiger partial charge in [0.15, 0.2) is 0 Å². The van der Waals surface area contributed by atoms with Crippen molar-refractivity contribution in [2.45, 2.75) is 11.8 Å². The highest BCUT2D eigenvalue weighted by molar-refractivity contribution is 9.10. The maximum atomic E-state index is 12.7. The van der Waals surface area contributed by atoms with Gasteiger partial charge in [0.25, 0.3) is 5.69 Å². The monoisotopic (exact) mass is 482 g/mol. The molecule has 1 N–H and O–H groups in total. The molecule has 0 spiro atoms. The van der Waals surface area contributed by atoms with Crippen LogP contribution in [0.25, 0.3) is 0 Å². The van der Waals surface area contributed by atoms with Crippen LogP contribution in [0.5, 0.6) is 0 Å². The topological polar surface area (TPSA) is 114 Å². The van der Waals surface area contributed by atoms with Crippen LogP contribution < -0.4 is 5.43 Å². The largest absolute Gasteiger partial charge is 0.379 e. The highest BCUT2D eigenvalue weighted by Gasteiger charge is 2.28. The summed E-state index contributed by atoms with van der Waals surface area (Å²) in [5.41, 5.74) is 3.87. The molecule has 9 nitrogen and oxygen atoms in total. The normalized spacial score (nSPS) is 15.9. The van der Waals surface area contributed by atoms with E-state index in [0.717, 1.165) is 16.1 Å². The zero-order chi connectivity index (χ0) is 21.0. The lowest BCUT2D eigenvalue weighted by Gasteiger charge is -2.26. The van der Waals surface area contributed by atoms with Gasteiger partial charge in [-0.3, -0.25) is 15.5 Å². The maximum Gasteiger partial charge on any atom is 0.295 e. The number of nitrogens with one attached hydrogen (secondary N) is 1. The summed E-state index contributed by atoms with van der Waals surface area (Å²) in [7, 11) is -3.83. The van der Waals surface area contributed by atoms with Crippen LogP contribution in [0.3, 0.4) is 0 Å². The molecule has 29 heavy (non-hydrogen) atoms. The van der Waals surface area contributed by atoms with Gasteiger partial charge in [0.2, 0.25) is 10.0 Å². The van der Waals surface area contributed by atoms with Crippen molar-refractivity contribution in [2.24, 2.45) is 5.10 Å². The molecule has 1 heterocycles. The van der Waals surface area contributed by atoms with Gasteiger partial charge in [-0.25, -0.2) is 8.42 Å². The fourth-order valence-electron chi connectivity index (χ4n) is 2.75. The molecule has 2 aromatic carbocycles. The molecular formula is C18H19BrN4O5S. The fraction of sp³-hybridized carbons (Fsp3) is 0.278. The second kappa shape index (κ2) is 8.99. The van der Waals surface area contributed by atoms with Gasteiger partial charge in [-0.1, -0.05) is 28.1 Å². The van der Waals surface area contributed by atoms with E-state index in [-0.39, 0.29) is 29.4 Å². The number of benzene rings is 2. The zero-order valence-corrected chi connectivity index (χ0v) is 17.9. The number of rotatable bonds is 6. The first kappa shape index (κ1) is 21.4. The summed E-state index contributed by atoms with van der Waals surface area (Å²) < 4.78 is 32.9. The molecule has 0 aliphatic carbocycles. The van der Waals surface area contributed by atoms with E-state index in [0.29, 0.717) is 18.9 Å². The Morgan fingerprint density at radius 3 is 2.48 bits per heavy atom. The number of hydrogen-bond donors (Lipinski definition) is 1. The van der Waals surface area contributed by atoms with E-state index in [2.05, 4.69) is 26.5 Å². The first-order chi connectivity index (χ1) is 13.8. The number of sulfonamides is 1. The Labute approximate surface area is 176 Å². The Morgan fingerprint density at radius 2 is 1.86 bits per heavy atom. The van der Waals surface area contributed by atoms with Gasteiger partial charge < -0.3 is 4.74 Å². The number of nitro benzene ring substituents is 1. The van der Waals surface area contributed by atoms with Crippen molar-refractivity contribution in [2.75, 3.05) is 31.7 Å². The molecule has 1 fully saturated rings. The van der Waals surface area contributed by atoms with Crippen LogP contribution in [0, 0.1) is 10.1 Å². The third-order valence-electron chi connectivity index (χ3n) is 4.38. The molecule has 2 aromatic rings. The van der Waals surface area contributed by atoms with Crippen LogP contribution in [-0.4, -0.2) is 49.7 Å². The Hall–Kier alpha value is -2.34. The summed E-state index contributed by atoms with van der Waals surface area (Å²) in [6.45, 7) is 2.79. The number of ether oxygens (including phenoxy) is 1. The van der Waals surface area contributed by atoms with Crippen LogP contribution >= 0.6 is 15.9 Å². The number of halogens is 1. The molecule has 0 atom stereocenters. The standard InChI is InChI=1S/C18H19BrN4O5S/c1-13(14-2-4-15(19)5-3-14)20-21-17-7-6-16(12-18(17)23(24)25)29(26,27)22-8-10-28-11-9-22/h2-7,12,21H,8-11H2,1H3/b20-13+. The van der Waals surface area contributed by atoms with Gasteiger partial charge >= 0.3 is 0 Å². The molecular weight excluding hydrogens is 464 g/mol. The number of hydrazone groups is 1. The molecule has 0 saturated carbocycles. The lowest BCUT2D eigenvalue weighted by Crippen LogP contribution is -2.40. The van der Waals surface area contributed by atoms with Crippen molar-refractivity contribution >= 4 is 43.0 Å². The first-order valence-electron chi connectivity index (χ1n) is 8.71. The average molecular weight is 483 g/mol. The minimum absolute atomic E-state index is 0.104. The minimum Gasteiger partial charge on any atom is -0.379 e. The van der Waals surface area contributed by atoms with Gasteiger partial charge in [-0.2, -0.15) is 9.41 Å². The van der Waals surface area contributed by atoms with E-state index in [1.807, 2.05) is 24.3 Å². The van der Waals surface area contributed by atoms with Gasteiger partial charge in [0, 0.05) is 23.6 Å². The molecule has 0 bridgehead atoms. The van der Waals surface area contributed by atoms with Crippen molar-refractivity contribution < 1.29 is 18.1 Å². The highest BCUT2D eigenvalue weighted by Crippen LogP contribution is 2.29. The number of nitro groups is 1. The summed E-state index contributed by atoms with van der Waals surface area (Å²) in [4.78, 5) is 10.7. The Kier molecular flexibility index (Phi) is 6.63. The molecule has 1 aliphatic rings. The van der Waals surface area contributed by atoms with E-state index in [9.17, 15) is 18.5 Å². The third-order valence-corrected chi connectivity index (χ3v) is 6.80. The van der Waals surface area contributed by atoms with Gasteiger partial charge in [-0.15, -0.1) is 0 Å². The van der Waals surface area contributed by atoms with E-state index < -0.39 is 14.9 Å². The summed E-state index contributed by atoms with van der Waals surface area (Å²) >= 11 is 3.36. The fourth-order valence-corrected chi connectivity index (χ4v) is 4.45. The summed E-state index contributed by atoms with van der Waals surface area (Å²) in [6.07, 6.45) is 0. The second-order valence-corrected chi connectivity index (χ2v) is 9.12. The smallest absolute Gasteiger partial charge is 0.295 e. The Bertz CT molecular complexity index is 1030. The predicted octanol–water partition coefficient (Wildman–Crippen LogP) is 3.21. The predicted molar refractivity (Wildman–Crippen MR) is 113 cm³/mol. The number of anilines is 1. The lowest BCUT2D eigenvalue weighted by molar-refractivity contribution is -0.384. The molecule has 154 valence electrons. The van der Waals surface area contributed by atoms with Crippen LogP contribution in [0.4, 0.5) is 11.4 Å². The minimum atomic E-state index is -3.83. The zero-order valence-electron chi connectivity index (χ0n) is 15.5. The molecule has 3 rings (SSSR count). The summed E-state index contributed by atoms with van der Waals surface area (Å²) in [6, 6.07) is 11.2. The SMILES string of the molecule is C/C(=N\Nc1ccc(S(=O)(=O)N2CCOCC2)cc1[N+](=O)[O-])c1ccc(Br)cc1. The van der Waals surface area contributed by atoms with Gasteiger partial charge in [0.1, 0.15) is 5.69 Å². The number of nitrogens with zero attached hydrogens (tertiary/aromatic N) is 3. The average Bonchev–Trinajstić information content (AvgIpc) is 2.73. The van der Waals surface area contributed by atoms with Crippen LogP contribution in [0.2, 0.25) is 0 Å². The van der Waals surface area contributed by atoms with Crippen molar-refractivity contribution in [3.63, 3.8) is 0 Å². The molecule has 1 aliphatic heterocycles. The molecule has 0 radical (unpaired) electrons. The molecule has 0 aromatic heterocycles. The first-order valence-corrected chi connectivity index (χ1v) is 10.9. The molecule has 11 heteroatoms. The molecule has 0 amide bonds. The summed E-state index contributed by atoms with van der Waals surface area (Å²) in [5, 5.41) is 15.7. The van der Waals surface area contributed by atoms with E-state index in [4.69, 9.17) is 4.74 Å². The lowest BCUT2D eigenvalue weighted by atomic mass is 10.1. The number of hydrogen-bond acceptors (Lipinski definition) is 7. The van der Waals surface area contributed by atoms with Crippen LogP contribution in [0.15, 0.2) is 56.9 Å². The van der Waals surface area contributed by atoms with Crippen molar-refractivity contribution in [1.29, 1.82) is 0 Å². The molecule has 0 unspecified atom stereocenters. The third kappa shape index (κ3) is 4.99. The van der Waals surface area contributed by atoms with Gasteiger partial charge in [0.05, 0.1) is 28.7 Å². The Balaban J connectivity index is 1.87. The second-order valence-electron chi connectivity index (χ2n) is 6.27. The maximum absolute atomic E-state index is 12.7. The van der Waals surface area contributed by atoms with Crippen molar-refractivity contribution in [1.82, 2.24) is 4.31 Å². The van der Waals surface area contributed by atoms with Crippen molar-refractivity contribution in [3.05, 3.63) is 62.6 Å². The van der Waals surface area contributed by atoms with E-state index in [1.54, 1.807) is 6.92 Å². The van der Waals surface area contributed by atoms with Crippen molar-refractivity contribution in [3.8, 4) is 0 Å². The van der Waals surface area contributed by atoms with E-state index >= 15 is 0 Å². The number of morpholine rings is 1. The van der Waals surface area contributed by atoms with E-state index in [1.165, 1.54) is 16.4 Å². The Morgan fingerprint density at radius 1 is 1.21 bits per heavy atom.